The Hall–Kier alpha value is -2.99. The van der Waals surface area contributed by atoms with Gasteiger partial charge in [0.1, 0.15) is 5.01 Å². The quantitative estimate of drug-likeness (QED) is 0.700. The summed E-state index contributed by atoms with van der Waals surface area (Å²) in [6, 6.07) is 13.7. The molecule has 0 saturated carbocycles. The SMILES string of the molecule is O=C([O-])C/C(=C\c1ccccc1C(=O)[O-])c1nc2ccccc2s1. The van der Waals surface area contributed by atoms with Crippen molar-refractivity contribution in [3.8, 4) is 0 Å². The molecule has 24 heavy (non-hydrogen) atoms. The molecule has 0 N–H and O–H groups in total. The number of hydrogen-bond donors (Lipinski definition) is 0. The molecule has 2 aromatic carbocycles. The molecule has 3 rings (SSSR count). The van der Waals surface area contributed by atoms with E-state index in [1.165, 1.54) is 23.5 Å². The van der Waals surface area contributed by atoms with Crippen LogP contribution in [0.5, 0.6) is 0 Å². The van der Waals surface area contributed by atoms with E-state index in [0.29, 0.717) is 16.1 Å². The van der Waals surface area contributed by atoms with E-state index >= 15 is 0 Å². The van der Waals surface area contributed by atoms with Crippen molar-refractivity contribution < 1.29 is 19.8 Å². The number of carbonyl (C=O) groups is 2. The minimum absolute atomic E-state index is 0.00513. The van der Waals surface area contributed by atoms with Gasteiger partial charge in [-0.15, -0.1) is 11.3 Å². The number of thiazole rings is 1. The van der Waals surface area contributed by atoms with Crippen LogP contribution in [0.1, 0.15) is 27.3 Å². The second kappa shape index (κ2) is 6.64. The van der Waals surface area contributed by atoms with E-state index in [1.807, 2.05) is 24.3 Å². The van der Waals surface area contributed by atoms with E-state index < -0.39 is 11.9 Å². The van der Waals surface area contributed by atoms with Gasteiger partial charge in [0.05, 0.1) is 16.2 Å². The molecule has 0 aliphatic rings. The lowest BCUT2D eigenvalue weighted by Gasteiger charge is -2.10. The lowest BCUT2D eigenvalue weighted by Crippen LogP contribution is -2.23. The largest absolute Gasteiger partial charge is 0.550 e. The van der Waals surface area contributed by atoms with Gasteiger partial charge < -0.3 is 19.8 Å². The molecule has 1 aromatic heterocycles. The smallest absolute Gasteiger partial charge is 0.120 e. The summed E-state index contributed by atoms with van der Waals surface area (Å²) < 4.78 is 0.921. The van der Waals surface area contributed by atoms with Gasteiger partial charge in [0.25, 0.3) is 0 Å². The van der Waals surface area contributed by atoms with E-state index in [9.17, 15) is 19.8 Å². The highest BCUT2D eigenvalue weighted by atomic mass is 32.1. The minimum Gasteiger partial charge on any atom is -0.550 e. The van der Waals surface area contributed by atoms with Crippen LogP contribution in [0.3, 0.4) is 0 Å². The van der Waals surface area contributed by atoms with Crippen molar-refractivity contribution in [2.75, 3.05) is 0 Å². The van der Waals surface area contributed by atoms with Crippen molar-refractivity contribution >= 4 is 45.1 Å². The summed E-state index contributed by atoms with van der Waals surface area (Å²) in [6.07, 6.45) is 1.15. The van der Waals surface area contributed by atoms with Crippen LogP contribution >= 0.6 is 11.3 Å². The Morgan fingerprint density at radius 1 is 1.04 bits per heavy atom. The number of aromatic nitrogens is 1. The lowest BCUT2D eigenvalue weighted by atomic mass is 10.0. The Bertz CT molecular complexity index is 925. The summed E-state index contributed by atoms with van der Waals surface area (Å²) in [6.45, 7) is 0. The zero-order chi connectivity index (χ0) is 17.1. The first-order valence-electron chi connectivity index (χ1n) is 7.11. The first kappa shape index (κ1) is 15.9. The zero-order valence-electron chi connectivity index (χ0n) is 12.4. The van der Waals surface area contributed by atoms with E-state index in [1.54, 1.807) is 18.2 Å². The first-order valence-corrected chi connectivity index (χ1v) is 7.93. The van der Waals surface area contributed by atoms with Crippen LogP contribution < -0.4 is 10.2 Å². The van der Waals surface area contributed by atoms with Gasteiger partial charge in [-0.3, -0.25) is 0 Å². The van der Waals surface area contributed by atoms with Crippen LogP contribution in [0.15, 0.2) is 48.5 Å². The summed E-state index contributed by atoms with van der Waals surface area (Å²) in [5.41, 5.74) is 1.52. The summed E-state index contributed by atoms with van der Waals surface area (Å²) >= 11 is 1.35. The number of carboxylic acid groups (broad SMARTS) is 2. The fourth-order valence-electron chi connectivity index (χ4n) is 2.35. The fraction of sp³-hybridized carbons (Fsp3) is 0.0556. The van der Waals surface area contributed by atoms with Gasteiger partial charge in [0.15, 0.2) is 0 Å². The number of benzene rings is 2. The summed E-state index contributed by atoms with van der Waals surface area (Å²) in [7, 11) is 0. The molecule has 120 valence electrons. The predicted octanol–water partition coefficient (Wildman–Crippen LogP) is 1.34. The molecular formula is C18H11NO4S-2. The topological polar surface area (TPSA) is 93.1 Å². The van der Waals surface area contributed by atoms with Gasteiger partial charge in [-0.1, -0.05) is 36.4 Å². The Morgan fingerprint density at radius 3 is 2.46 bits per heavy atom. The molecule has 0 bridgehead atoms. The molecule has 0 amide bonds. The highest BCUT2D eigenvalue weighted by Gasteiger charge is 2.11. The molecule has 0 aliphatic heterocycles. The van der Waals surface area contributed by atoms with E-state index in [2.05, 4.69) is 4.98 Å². The van der Waals surface area contributed by atoms with Crippen molar-refractivity contribution in [2.45, 2.75) is 6.42 Å². The van der Waals surface area contributed by atoms with Gasteiger partial charge in [0, 0.05) is 18.0 Å². The summed E-state index contributed by atoms with van der Waals surface area (Å²) in [5.74, 6) is -2.58. The van der Waals surface area contributed by atoms with Crippen molar-refractivity contribution in [2.24, 2.45) is 0 Å². The third-order valence-electron chi connectivity index (χ3n) is 3.41. The molecule has 6 heteroatoms. The fourth-order valence-corrected chi connectivity index (χ4v) is 3.33. The number of carboxylic acids is 2. The maximum atomic E-state index is 11.2. The number of aliphatic carboxylic acids is 1. The van der Waals surface area contributed by atoms with Gasteiger partial charge in [-0.05, 0) is 29.3 Å². The third kappa shape index (κ3) is 3.33. The Kier molecular flexibility index (Phi) is 4.39. The number of rotatable bonds is 5. The van der Waals surface area contributed by atoms with Crippen LogP contribution in [0, 0.1) is 0 Å². The zero-order valence-corrected chi connectivity index (χ0v) is 13.2. The minimum atomic E-state index is -1.32. The number of para-hydroxylation sites is 1. The highest BCUT2D eigenvalue weighted by molar-refractivity contribution is 7.19. The molecule has 0 aliphatic carbocycles. The predicted molar refractivity (Wildman–Crippen MR) is 87.9 cm³/mol. The molecule has 0 unspecified atom stereocenters. The molecule has 0 atom stereocenters. The van der Waals surface area contributed by atoms with E-state index in [-0.39, 0.29) is 12.0 Å². The van der Waals surface area contributed by atoms with Gasteiger partial charge >= 0.3 is 0 Å². The molecule has 5 nitrogen and oxygen atoms in total. The van der Waals surface area contributed by atoms with Gasteiger partial charge in [0.2, 0.25) is 0 Å². The number of fused-ring (bicyclic) bond motifs is 1. The summed E-state index contributed by atoms with van der Waals surface area (Å²) in [4.78, 5) is 26.8. The van der Waals surface area contributed by atoms with Crippen LogP contribution in [-0.2, 0) is 4.79 Å². The maximum absolute atomic E-state index is 11.2. The first-order chi connectivity index (χ1) is 11.5. The second-order valence-corrected chi connectivity index (χ2v) is 6.11. The maximum Gasteiger partial charge on any atom is 0.120 e. The molecule has 0 fully saturated rings. The Balaban J connectivity index is 2.13. The van der Waals surface area contributed by atoms with Crippen molar-refractivity contribution in [3.05, 3.63) is 64.7 Å². The number of nitrogens with zero attached hydrogens (tertiary/aromatic N) is 1. The number of aromatic carboxylic acids is 1. The lowest BCUT2D eigenvalue weighted by molar-refractivity contribution is -0.304. The van der Waals surface area contributed by atoms with E-state index in [0.717, 1.165) is 10.2 Å². The van der Waals surface area contributed by atoms with Crippen LogP contribution in [-0.4, -0.2) is 16.9 Å². The molecule has 3 aromatic rings. The average molecular weight is 337 g/mol. The Labute approximate surface area is 141 Å². The molecule has 0 spiro atoms. The van der Waals surface area contributed by atoms with Crippen LogP contribution in [0.4, 0.5) is 0 Å². The summed E-state index contributed by atoms with van der Waals surface area (Å²) in [5, 5.41) is 22.8. The second-order valence-electron chi connectivity index (χ2n) is 5.08. The number of carbonyl (C=O) groups excluding carboxylic acids is 2. The Morgan fingerprint density at radius 2 is 1.75 bits per heavy atom. The van der Waals surface area contributed by atoms with Crippen molar-refractivity contribution in [3.63, 3.8) is 0 Å². The highest BCUT2D eigenvalue weighted by Crippen LogP contribution is 2.30. The van der Waals surface area contributed by atoms with Crippen LogP contribution in [0.25, 0.3) is 21.9 Å². The molecule has 0 radical (unpaired) electrons. The van der Waals surface area contributed by atoms with E-state index in [4.69, 9.17) is 0 Å². The third-order valence-corrected chi connectivity index (χ3v) is 4.53. The van der Waals surface area contributed by atoms with Crippen molar-refractivity contribution in [1.82, 2.24) is 4.98 Å². The van der Waals surface area contributed by atoms with Gasteiger partial charge in [-0.2, -0.15) is 0 Å². The monoisotopic (exact) mass is 337 g/mol. The number of hydrogen-bond acceptors (Lipinski definition) is 6. The normalized spacial score (nSPS) is 11.6. The molecule has 0 saturated heterocycles. The molecular weight excluding hydrogens is 326 g/mol. The average Bonchev–Trinajstić information content (AvgIpc) is 2.98. The molecule has 1 heterocycles. The standard InChI is InChI=1S/C18H13NO4S/c20-16(21)10-12(9-11-5-1-2-6-13(11)18(22)23)17-19-14-7-3-4-8-15(14)24-17/h1-9H,10H2,(H,20,21)(H,22,23)/p-2/b12-9+. The van der Waals surface area contributed by atoms with Gasteiger partial charge in [-0.25, -0.2) is 4.98 Å². The van der Waals surface area contributed by atoms with Crippen LogP contribution in [0.2, 0.25) is 0 Å². The van der Waals surface area contributed by atoms with Crippen molar-refractivity contribution in [1.29, 1.82) is 0 Å².